The van der Waals surface area contributed by atoms with Crippen molar-refractivity contribution >= 4 is 52.1 Å². The first-order valence-corrected chi connectivity index (χ1v) is 9.97. The Morgan fingerprint density at radius 2 is 1.74 bits per heavy atom. The maximum absolute atomic E-state index is 12.4. The SMILES string of the molecule is CCOC(=O)COc1c(Cl)cc(C=NNC(=O)c2cc3ccccc3cc2O)cc1Cl. The number of rotatable bonds is 7. The molecule has 0 heterocycles. The van der Waals surface area contributed by atoms with Gasteiger partial charge in [-0.1, -0.05) is 47.5 Å². The summed E-state index contributed by atoms with van der Waals surface area (Å²) in [6.07, 6.45) is 1.34. The summed E-state index contributed by atoms with van der Waals surface area (Å²) in [5.74, 6) is -1.13. The lowest BCUT2D eigenvalue weighted by Gasteiger charge is -2.10. The average Bonchev–Trinajstić information content (AvgIpc) is 2.72. The van der Waals surface area contributed by atoms with E-state index >= 15 is 0 Å². The van der Waals surface area contributed by atoms with Crippen molar-refractivity contribution in [2.45, 2.75) is 6.92 Å². The van der Waals surface area contributed by atoms with Crippen LogP contribution in [0.15, 0.2) is 53.6 Å². The molecule has 0 spiro atoms. The van der Waals surface area contributed by atoms with Crippen LogP contribution in [0.5, 0.6) is 11.5 Å². The summed E-state index contributed by atoms with van der Waals surface area (Å²) in [5, 5.41) is 16.0. The van der Waals surface area contributed by atoms with Crippen molar-refractivity contribution in [3.8, 4) is 11.5 Å². The van der Waals surface area contributed by atoms with E-state index in [9.17, 15) is 14.7 Å². The van der Waals surface area contributed by atoms with Crippen LogP contribution in [0.1, 0.15) is 22.8 Å². The first kappa shape index (κ1) is 22.4. The second-order valence-corrected chi connectivity index (χ2v) is 7.14. The number of benzene rings is 3. The van der Waals surface area contributed by atoms with E-state index in [-0.39, 0.29) is 40.3 Å². The third-order valence-corrected chi connectivity index (χ3v) is 4.71. The van der Waals surface area contributed by atoms with E-state index < -0.39 is 11.9 Å². The average molecular weight is 461 g/mol. The zero-order valence-electron chi connectivity index (χ0n) is 16.4. The molecule has 2 N–H and O–H groups in total. The summed E-state index contributed by atoms with van der Waals surface area (Å²) in [4.78, 5) is 23.8. The lowest BCUT2D eigenvalue weighted by atomic mass is 10.1. The van der Waals surface area contributed by atoms with Crippen molar-refractivity contribution in [1.29, 1.82) is 0 Å². The highest BCUT2D eigenvalue weighted by molar-refractivity contribution is 6.37. The fourth-order valence-corrected chi connectivity index (χ4v) is 3.37. The summed E-state index contributed by atoms with van der Waals surface area (Å²) in [7, 11) is 0. The van der Waals surface area contributed by atoms with Gasteiger partial charge in [0, 0.05) is 0 Å². The highest BCUT2D eigenvalue weighted by Gasteiger charge is 2.13. The molecule has 0 aliphatic carbocycles. The number of esters is 1. The molecular formula is C22H18Cl2N2O5. The van der Waals surface area contributed by atoms with E-state index in [0.29, 0.717) is 5.56 Å². The third kappa shape index (κ3) is 5.65. The van der Waals surface area contributed by atoms with Crippen LogP contribution in [-0.4, -0.2) is 36.4 Å². The summed E-state index contributed by atoms with van der Waals surface area (Å²) in [6, 6.07) is 13.5. The number of ether oxygens (including phenoxy) is 2. The van der Waals surface area contributed by atoms with Crippen molar-refractivity contribution in [1.82, 2.24) is 5.43 Å². The Bertz CT molecular complexity index is 1140. The van der Waals surface area contributed by atoms with E-state index in [0.717, 1.165) is 10.8 Å². The molecule has 160 valence electrons. The van der Waals surface area contributed by atoms with Crippen LogP contribution < -0.4 is 10.2 Å². The second-order valence-electron chi connectivity index (χ2n) is 6.32. The van der Waals surface area contributed by atoms with Gasteiger partial charge in [0.25, 0.3) is 5.91 Å². The van der Waals surface area contributed by atoms with E-state index in [4.69, 9.17) is 32.7 Å². The van der Waals surface area contributed by atoms with Gasteiger partial charge < -0.3 is 14.6 Å². The molecular weight excluding hydrogens is 443 g/mol. The summed E-state index contributed by atoms with van der Waals surface area (Å²) < 4.78 is 10.1. The molecule has 3 aromatic carbocycles. The summed E-state index contributed by atoms with van der Waals surface area (Å²) >= 11 is 12.3. The Hall–Kier alpha value is -3.29. The molecule has 0 aliphatic heterocycles. The second kappa shape index (κ2) is 10.1. The standard InChI is InChI=1S/C22H18Cl2N2O5/c1-2-30-20(28)12-31-21-17(23)7-13(8-18(21)24)11-25-26-22(29)16-9-14-5-3-4-6-15(14)10-19(16)27/h3-11,27H,2,12H2,1H3,(H,26,29). The van der Waals surface area contributed by atoms with Gasteiger partial charge in [-0.15, -0.1) is 0 Å². The number of fused-ring (bicyclic) bond motifs is 1. The minimum absolute atomic E-state index is 0.0922. The Labute approximate surface area is 188 Å². The zero-order chi connectivity index (χ0) is 22.4. The monoisotopic (exact) mass is 460 g/mol. The number of amides is 1. The maximum atomic E-state index is 12.4. The van der Waals surface area contributed by atoms with Crippen molar-refractivity contribution in [2.24, 2.45) is 5.10 Å². The normalized spacial score (nSPS) is 10.9. The Morgan fingerprint density at radius 1 is 1.10 bits per heavy atom. The van der Waals surface area contributed by atoms with E-state index in [1.807, 2.05) is 24.3 Å². The molecule has 1 amide bonds. The van der Waals surface area contributed by atoms with Crippen molar-refractivity contribution in [3.63, 3.8) is 0 Å². The number of halogens is 2. The Morgan fingerprint density at radius 3 is 2.39 bits per heavy atom. The van der Waals surface area contributed by atoms with Crippen LogP contribution in [0.3, 0.4) is 0 Å². The summed E-state index contributed by atoms with van der Waals surface area (Å²) in [6.45, 7) is 1.60. The fraction of sp³-hybridized carbons (Fsp3) is 0.136. The molecule has 0 unspecified atom stereocenters. The van der Waals surface area contributed by atoms with Crippen molar-refractivity contribution in [2.75, 3.05) is 13.2 Å². The van der Waals surface area contributed by atoms with Gasteiger partial charge in [0.1, 0.15) is 5.75 Å². The van der Waals surface area contributed by atoms with Crippen LogP contribution in [0.4, 0.5) is 0 Å². The molecule has 31 heavy (non-hydrogen) atoms. The van der Waals surface area contributed by atoms with E-state index in [1.165, 1.54) is 24.4 Å². The lowest BCUT2D eigenvalue weighted by Crippen LogP contribution is -2.17. The van der Waals surface area contributed by atoms with Gasteiger partial charge in [0.15, 0.2) is 12.4 Å². The highest BCUT2D eigenvalue weighted by Crippen LogP contribution is 2.34. The van der Waals surface area contributed by atoms with Gasteiger partial charge in [-0.25, -0.2) is 10.2 Å². The topological polar surface area (TPSA) is 97.2 Å². The van der Waals surface area contributed by atoms with Gasteiger partial charge in [-0.2, -0.15) is 5.10 Å². The predicted molar refractivity (Wildman–Crippen MR) is 119 cm³/mol. The first-order chi connectivity index (χ1) is 14.9. The number of phenols is 1. The Balaban J connectivity index is 1.69. The lowest BCUT2D eigenvalue weighted by molar-refractivity contribution is -0.145. The number of hydrogen-bond donors (Lipinski definition) is 2. The first-order valence-electron chi connectivity index (χ1n) is 9.21. The number of aromatic hydroxyl groups is 1. The predicted octanol–water partition coefficient (Wildman–Crippen LogP) is 4.56. The smallest absolute Gasteiger partial charge is 0.344 e. The summed E-state index contributed by atoms with van der Waals surface area (Å²) in [5.41, 5.74) is 2.93. The number of nitrogens with one attached hydrogen (secondary N) is 1. The molecule has 0 fully saturated rings. The third-order valence-electron chi connectivity index (χ3n) is 4.15. The largest absolute Gasteiger partial charge is 0.507 e. The van der Waals surface area contributed by atoms with Gasteiger partial charge in [-0.05, 0) is 47.5 Å². The molecule has 0 bridgehead atoms. The molecule has 0 saturated heterocycles. The fourth-order valence-electron chi connectivity index (χ4n) is 2.76. The van der Waals surface area contributed by atoms with Crippen molar-refractivity contribution < 1.29 is 24.2 Å². The van der Waals surface area contributed by atoms with Crippen LogP contribution in [0, 0.1) is 0 Å². The number of carbonyl (C=O) groups excluding carboxylic acids is 2. The molecule has 0 radical (unpaired) electrons. The van der Waals surface area contributed by atoms with Crippen LogP contribution in [0.25, 0.3) is 10.8 Å². The molecule has 0 atom stereocenters. The number of hydrazone groups is 1. The molecule has 0 aromatic heterocycles. The van der Waals surface area contributed by atoms with E-state index in [2.05, 4.69) is 10.5 Å². The van der Waals surface area contributed by atoms with Crippen LogP contribution >= 0.6 is 23.2 Å². The zero-order valence-corrected chi connectivity index (χ0v) is 17.9. The van der Waals surface area contributed by atoms with Gasteiger partial charge in [0.2, 0.25) is 0 Å². The number of carbonyl (C=O) groups is 2. The van der Waals surface area contributed by atoms with Gasteiger partial charge in [-0.3, -0.25) is 4.79 Å². The highest BCUT2D eigenvalue weighted by atomic mass is 35.5. The molecule has 3 rings (SSSR count). The Kier molecular flexibility index (Phi) is 7.33. The molecule has 0 saturated carbocycles. The molecule has 7 nitrogen and oxygen atoms in total. The van der Waals surface area contributed by atoms with E-state index in [1.54, 1.807) is 13.0 Å². The maximum Gasteiger partial charge on any atom is 0.344 e. The van der Waals surface area contributed by atoms with Gasteiger partial charge in [0.05, 0.1) is 28.4 Å². The molecule has 3 aromatic rings. The van der Waals surface area contributed by atoms with Crippen molar-refractivity contribution in [3.05, 3.63) is 69.7 Å². The minimum atomic E-state index is -0.578. The molecule has 0 aliphatic rings. The number of phenolic OH excluding ortho intramolecular Hbond substituents is 1. The number of hydrogen-bond acceptors (Lipinski definition) is 6. The van der Waals surface area contributed by atoms with Crippen LogP contribution in [-0.2, 0) is 9.53 Å². The quantitative estimate of drug-likeness (QED) is 0.306. The minimum Gasteiger partial charge on any atom is -0.507 e. The van der Waals surface area contributed by atoms with Gasteiger partial charge >= 0.3 is 5.97 Å². The number of nitrogens with zero attached hydrogens (tertiary/aromatic N) is 1. The van der Waals surface area contributed by atoms with Crippen LogP contribution in [0.2, 0.25) is 10.0 Å². The molecule has 9 heteroatoms.